The number of H-pyrrole nitrogens is 1. The van der Waals surface area contributed by atoms with Crippen molar-refractivity contribution in [1.82, 2.24) is 10.2 Å². The zero-order chi connectivity index (χ0) is 15.6. The number of carbonyl (C=O) groups excluding carboxylic acids is 1. The molecule has 1 aromatic carbocycles. The minimum atomic E-state index is -0.598. The van der Waals surface area contributed by atoms with Crippen molar-refractivity contribution >= 4 is 40.8 Å². The first-order valence-corrected chi connectivity index (χ1v) is 6.69. The summed E-state index contributed by atoms with van der Waals surface area (Å²) in [6, 6.07) is 4.74. The number of phenols is 1. The zero-order valence-corrected chi connectivity index (χ0v) is 12.8. The number of carbonyl (C=O) groups is 1. The van der Waals surface area contributed by atoms with Crippen LogP contribution in [0.1, 0.15) is 17.0 Å². The van der Waals surface area contributed by atoms with Gasteiger partial charge in [0.15, 0.2) is 5.75 Å². The van der Waals surface area contributed by atoms with Crippen molar-refractivity contribution in [3.05, 3.63) is 45.2 Å². The van der Waals surface area contributed by atoms with Gasteiger partial charge in [-0.25, -0.2) is 4.79 Å². The second-order valence-corrected chi connectivity index (χ2v) is 5.07. The van der Waals surface area contributed by atoms with Gasteiger partial charge in [0.2, 0.25) is 0 Å². The third-order valence-electron chi connectivity index (χ3n) is 2.78. The summed E-state index contributed by atoms with van der Waals surface area (Å²) in [5.41, 5.74) is 1.86. The fourth-order valence-electron chi connectivity index (χ4n) is 1.77. The van der Waals surface area contributed by atoms with Crippen LogP contribution < -0.4 is 0 Å². The van der Waals surface area contributed by atoms with E-state index in [4.69, 9.17) is 27.9 Å². The Morgan fingerprint density at radius 2 is 2.14 bits per heavy atom. The minimum Gasteiger partial charge on any atom is -0.505 e. The number of aromatic nitrogens is 2. The Hall–Kier alpha value is -1.98. The van der Waals surface area contributed by atoms with E-state index in [9.17, 15) is 9.90 Å². The summed E-state index contributed by atoms with van der Waals surface area (Å²) >= 11 is 11.8. The molecule has 0 aliphatic carbocycles. The molecule has 0 fully saturated rings. The number of methoxy groups -OCH3 is 1. The number of hydrogen-bond donors (Lipinski definition) is 2. The molecule has 2 aromatic rings. The van der Waals surface area contributed by atoms with Crippen LogP contribution in [0.2, 0.25) is 10.0 Å². The van der Waals surface area contributed by atoms with Crippen LogP contribution >= 0.6 is 23.2 Å². The number of hydrogen-bond acceptors (Lipinski definition) is 4. The van der Waals surface area contributed by atoms with Gasteiger partial charge >= 0.3 is 5.97 Å². The van der Waals surface area contributed by atoms with E-state index >= 15 is 0 Å². The van der Waals surface area contributed by atoms with Crippen molar-refractivity contribution in [2.45, 2.75) is 6.92 Å². The van der Waals surface area contributed by atoms with Crippen LogP contribution in [-0.2, 0) is 9.53 Å². The molecule has 0 aliphatic heterocycles. The van der Waals surface area contributed by atoms with Crippen molar-refractivity contribution in [1.29, 1.82) is 0 Å². The Bertz CT molecular complexity index is 723. The molecule has 0 aliphatic rings. The number of benzene rings is 1. The predicted octanol–water partition coefficient (Wildman–Crippen LogP) is 3.44. The van der Waals surface area contributed by atoms with E-state index < -0.39 is 5.97 Å². The van der Waals surface area contributed by atoms with Crippen LogP contribution in [-0.4, -0.2) is 28.4 Å². The summed E-state index contributed by atoms with van der Waals surface area (Å²) in [6.07, 6.45) is 1.52. The van der Waals surface area contributed by atoms with Crippen molar-refractivity contribution < 1.29 is 14.6 Å². The monoisotopic (exact) mass is 326 g/mol. The van der Waals surface area contributed by atoms with Gasteiger partial charge in [0.1, 0.15) is 0 Å². The maximum atomic E-state index is 12.0. The summed E-state index contributed by atoms with van der Waals surface area (Å²) in [7, 11) is 1.26. The fourth-order valence-corrected chi connectivity index (χ4v) is 2.24. The number of phenolic OH excluding ortho intramolecular Hbond substituents is 1. The number of aromatic hydroxyl groups is 1. The molecule has 0 unspecified atom stereocenters. The Morgan fingerprint density at radius 1 is 1.43 bits per heavy atom. The van der Waals surface area contributed by atoms with Gasteiger partial charge in [-0.05, 0) is 25.1 Å². The molecule has 0 amide bonds. The van der Waals surface area contributed by atoms with Crippen molar-refractivity contribution in [3.63, 3.8) is 0 Å². The van der Waals surface area contributed by atoms with Gasteiger partial charge in [-0.1, -0.05) is 29.3 Å². The molecule has 0 spiro atoms. The molecule has 21 heavy (non-hydrogen) atoms. The Kier molecular flexibility index (Phi) is 4.55. The molecule has 0 radical (unpaired) electrons. The lowest BCUT2D eigenvalue weighted by Crippen LogP contribution is -2.04. The van der Waals surface area contributed by atoms with Crippen molar-refractivity contribution in [3.8, 4) is 5.75 Å². The molecular formula is C14H12Cl2N2O3. The van der Waals surface area contributed by atoms with Gasteiger partial charge in [-0.3, -0.25) is 5.10 Å². The summed E-state index contributed by atoms with van der Waals surface area (Å²) in [4.78, 5) is 12.0. The quantitative estimate of drug-likeness (QED) is 0.669. The fraction of sp³-hybridized carbons (Fsp3) is 0.143. The zero-order valence-electron chi connectivity index (χ0n) is 11.3. The largest absolute Gasteiger partial charge is 0.505 e. The smallest absolute Gasteiger partial charge is 0.338 e. The average molecular weight is 327 g/mol. The third-order valence-corrected chi connectivity index (χ3v) is 3.47. The van der Waals surface area contributed by atoms with Gasteiger partial charge in [-0.2, -0.15) is 5.10 Å². The maximum Gasteiger partial charge on any atom is 0.338 e. The number of nitrogens with zero attached hydrogens (tertiary/aromatic N) is 1. The Morgan fingerprint density at radius 3 is 2.71 bits per heavy atom. The second-order valence-electron chi connectivity index (χ2n) is 4.28. The van der Waals surface area contributed by atoms with Gasteiger partial charge in [0, 0.05) is 11.3 Å². The molecule has 0 atom stereocenters. The van der Waals surface area contributed by atoms with Gasteiger partial charge in [0.05, 0.1) is 28.4 Å². The molecule has 7 heteroatoms. The summed E-state index contributed by atoms with van der Waals surface area (Å²) in [5.74, 6) is -0.886. The number of ether oxygens (including phenoxy) is 1. The molecule has 110 valence electrons. The molecule has 2 N–H and O–H groups in total. The van der Waals surface area contributed by atoms with Crippen molar-refractivity contribution in [2.24, 2.45) is 0 Å². The van der Waals surface area contributed by atoms with Crippen LogP contribution in [0.15, 0.2) is 18.2 Å². The number of nitrogens with one attached hydrogen (secondary N) is 1. The van der Waals surface area contributed by atoms with E-state index in [-0.39, 0.29) is 21.4 Å². The first-order valence-electron chi connectivity index (χ1n) is 5.93. The summed E-state index contributed by atoms with van der Waals surface area (Å²) in [6.45, 7) is 1.84. The second kappa shape index (κ2) is 6.20. The van der Waals surface area contributed by atoms with E-state index in [1.807, 2.05) is 6.92 Å². The normalized spacial score (nSPS) is 11.5. The van der Waals surface area contributed by atoms with Crippen LogP contribution in [0, 0.1) is 6.92 Å². The minimum absolute atomic E-state index is 0.0218. The topological polar surface area (TPSA) is 75.2 Å². The number of aryl methyl sites for hydroxylation is 1. The van der Waals surface area contributed by atoms with E-state index in [0.29, 0.717) is 11.3 Å². The highest BCUT2D eigenvalue weighted by molar-refractivity contribution is 6.39. The van der Waals surface area contributed by atoms with E-state index in [1.54, 1.807) is 6.07 Å². The van der Waals surface area contributed by atoms with Crippen molar-refractivity contribution in [2.75, 3.05) is 7.11 Å². The highest BCUT2D eigenvalue weighted by atomic mass is 35.5. The SMILES string of the molecule is COC(=O)/C(=C\c1cc(C)[nH]n1)c1ccc(Cl)c(O)c1Cl. The van der Waals surface area contributed by atoms with Crippen LogP contribution in [0.25, 0.3) is 11.6 Å². The van der Waals surface area contributed by atoms with Crippen LogP contribution in [0.5, 0.6) is 5.75 Å². The summed E-state index contributed by atoms with van der Waals surface area (Å²) < 4.78 is 4.75. The van der Waals surface area contributed by atoms with E-state index in [1.165, 1.54) is 25.3 Å². The number of rotatable bonds is 3. The lowest BCUT2D eigenvalue weighted by Gasteiger charge is -2.09. The van der Waals surface area contributed by atoms with Gasteiger partial charge in [0.25, 0.3) is 0 Å². The average Bonchev–Trinajstić information content (AvgIpc) is 2.87. The lowest BCUT2D eigenvalue weighted by molar-refractivity contribution is -0.133. The molecule has 1 aromatic heterocycles. The predicted molar refractivity (Wildman–Crippen MR) is 81.3 cm³/mol. The first-order chi connectivity index (χ1) is 9.93. The van der Waals surface area contributed by atoms with E-state index in [2.05, 4.69) is 10.2 Å². The lowest BCUT2D eigenvalue weighted by atomic mass is 10.0. The highest BCUT2D eigenvalue weighted by Gasteiger charge is 2.19. The molecular weight excluding hydrogens is 315 g/mol. The van der Waals surface area contributed by atoms with Crippen LogP contribution in [0.4, 0.5) is 0 Å². The van der Waals surface area contributed by atoms with Gasteiger partial charge < -0.3 is 9.84 Å². The maximum absolute atomic E-state index is 12.0. The highest BCUT2D eigenvalue weighted by Crippen LogP contribution is 2.38. The molecule has 0 bridgehead atoms. The molecule has 1 heterocycles. The molecule has 5 nitrogen and oxygen atoms in total. The third kappa shape index (κ3) is 3.20. The summed E-state index contributed by atoms with van der Waals surface area (Å²) in [5, 5.41) is 16.7. The van der Waals surface area contributed by atoms with Gasteiger partial charge in [-0.15, -0.1) is 0 Å². The number of halogens is 2. The molecule has 0 saturated carbocycles. The molecule has 2 rings (SSSR count). The Balaban J connectivity index is 2.59. The number of esters is 1. The number of aromatic amines is 1. The Labute approximate surface area is 131 Å². The standard InChI is InChI=1S/C14H12Cl2N2O3/c1-7-5-8(18-17-7)6-10(14(20)21-2)9-3-4-11(15)13(19)12(9)16/h3-6,19H,1-2H3,(H,17,18)/b10-6-. The molecule has 0 saturated heterocycles. The van der Waals surface area contributed by atoms with E-state index in [0.717, 1.165) is 5.69 Å². The van der Waals surface area contributed by atoms with Crippen LogP contribution in [0.3, 0.4) is 0 Å². The first kappa shape index (κ1) is 15.4.